The SMILES string of the molecule is CC1CCCC1NC(=O)C1(CN)CCCCC1. The lowest BCUT2D eigenvalue weighted by atomic mass is 9.73. The molecule has 0 aliphatic heterocycles. The van der Waals surface area contributed by atoms with Crippen molar-refractivity contribution in [1.82, 2.24) is 5.32 Å². The molecule has 2 unspecified atom stereocenters. The van der Waals surface area contributed by atoms with Crippen LogP contribution in [0.3, 0.4) is 0 Å². The molecule has 2 aliphatic rings. The van der Waals surface area contributed by atoms with Crippen LogP contribution in [0.1, 0.15) is 58.3 Å². The van der Waals surface area contributed by atoms with Crippen molar-refractivity contribution in [3.05, 3.63) is 0 Å². The standard InChI is InChI=1S/C14H26N2O/c1-11-6-5-7-12(11)16-13(17)14(10-15)8-3-2-4-9-14/h11-12H,2-10,15H2,1H3,(H,16,17). The zero-order chi connectivity index (χ0) is 12.3. The summed E-state index contributed by atoms with van der Waals surface area (Å²) in [6, 6.07) is 0.396. The van der Waals surface area contributed by atoms with Crippen LogP contribution in [0, 0.1) is 11.3 Å². The Hall–Kier alpha value is -0.570. The molecule has 3 N–H and O–H groups in total. The summed E-state index contributed by atoms with van der Waals surface area (Å²) in [5.74, 6) is 0.871. The first-order chi connectivity index (χ1) is 8.18. The van der Waals surface area contributed by atoms with Crippen molar-refractivity contribution in [3.8, 4) is 0 Å². The molecular weight excluding hydrogens is 212 g/mol. The van der Waals surface area contributed by atoms with E-state index in [-0.39, 0.29) is 11.3 Å². The van der Waals surface area contributed by atoms with Gasteiger partial charge < -0.3 is 11.1 Å². The number of rotatable bonds is 3. The average Bonchev–Trinajstić information content (AvgIpc) is 2.76. The van der Waals surface area contributed by atoms with Crippen molar-refractivity contribution < 1.29 is 4.79 Å². The number of carbonyl (C=O) groups is 1. The number of carbonyl (C=O) groups excluding carboxylic acids is 1. The zero-order valence-corrected chi connectivity index (χ0v) is 11.0. The van der Waals surface area contributed by atoms with Crippen molar-refractivity contribution in [2.24, 2.45) is 17.1 Å². The van der Waals surface area contributed by atoms with E-state index in [2.05, 4.69) is 12.2 Å². The van der Waals surface area contributed by atoms with Crippen LogP contribution in [-0.2, 0) is 4.79 Å². The van der Waals surface area contributed by atoms with Crippen molar-refractivity contribution >= 4 is 5.91 Å². The molecule has 2 rings (SSSR count). The van der Waals surface area contributed by atoms with Crippen molar-refractivity contribution in [2.45, 2.75) is 64.3 Å². The van der Waals surface area contributed by atoms with Gasteiger partial charge >= 0.3 is 0 Å². The summed E-state index contributed by atoms with van der Waals surface area (Å²) in [4.78, 5) is 12.5. The van der Waals surface area contributed by atoms with Gasteiger partial charge in [0.1, 0.15) is 0 Å². The molecule has 0 radical (unpaired) electrons. The lowest BCUT2D eigenvalue weighted by Crippen LogP contribution is -2.50. The lowest BCUT2D eigenvalue weighted by Gasteiger charge is -2.36. The number of hydrogen-bond donors (Lipinski definition) is 2. The van der Waals surface area contributed by atoms with Gasteiger partial charge in [0.2, 0.25) is 5.91 Å². The zero-order valence-electron chi connectivity index (χ0n) is 11.0. The second kappa shape index (κ2) is 5.38. The van der Waals surface area contributed by atoms with Crippen LogP contribution in [0.2, 0.25) is 0 Å². The normalized spacial score (nSPS) is 32.4. The summed E-state index contributed by atoms with van der Waals surface area (Å²) in [7, 11) is 0. The van der Waals surface area contributed by atoms with Crippen molar-refractivity contribution in [3.63, 3.8) is 0 Å². The fourth-order valence-electron chi connectivity index (χ4n) is 3.43. The van der Waals surface area contributed by atoms with E-state index in [0.717, 1.165) is 32.1 Å². The first kappa shape index (κ1) is 12.9. The summed E-state index contributed by atoms with van der Waals surface area (Å²) >= 11 is 0. The van der Waals surface area contributed by atoms with Gasteiger partial charge in [0.05, 0.1) is 5.41 Å². The molecule has 98 valence electrons. The predicted octanol–water partition coefficient (Wildman–Crippen LogP) is 2.20. The second-order valence-electron chi connectivity index (χ2n) is 6.03. The molecule has 2 aliphatic carbocycles. The third kappa shape index (κ3) is 2.65. The van der Waals surface area contributed by atoms with Gasteiger partial charge in [-0.05, 0) is 31.6 Å². The molecule has 0 saturated heterocycles. The summed E-state index contributed by atoms with van der Waals surface area (Å²) < 4.78 is 0. The number of nitrogens with one attached hydrogen (secondary N) is 1. The van der Waals surface area contributed by atoms with E-state index in [1.165, 1.54) is 19.3 Å². The van der Waals surface area contributed by atoms with Gasteiger partial charge in [-0.3, -0.25) is 4.79 Å². The topological polar surface area (TPSA) is 55.1 Å². The average molecular weight is 238 g/mol. The quantitative estimate of drug-likeness (QED) is 0.792. The van der Waals surface area contributed by atoms with E-state index in [0.29, 0.717) is 18.5 Å². The molecule has 3 heteroatoms. The Morgan fingerprint density at radius 3 is 2.47 bits per heavy atom. The summed E-state index contributed by atoms with van der Waals surface area (Å²) in [6.45, 7) is 2.76. The third-order valence-corrected chi connectivity index (χ3v) is 4.86. The number of nitrogens with two attached hydrogens (primary N) is 1. The fraction of sp³-hybridized carbons (Fsp3) is 0.929. The van der Waals surface area contributed by atoms with E-state index in [4.69, 9.17) is 5.73 Å². The second-order valence-corrected chi connectivity index (χ2v) is 6.03. The molecule has 0 aromatic heterocycles. The summed E-state index contributed by atoms with van der Waals surface area (Å²) in [6.07, 6.45) is 9.19. The van der Waals surface area contributed by atoms with Crippen LogP contribution in [0.5, 0.6) is 0 Å². The molecule has 2 atom stereocenters. The first-order valence-electron chi connectivity index (χ1n) is 7.19. The highest BCUT2D eigenvalue weighted by atomic mass is 16.2. The molecule has 3 nitrogen and oxygen atoms in total. The van der Waals surface area contributed by atoms with Crippen LogP contribution < -0.4 is 11.1 Å². The minimum Gasteiger partial charge on any atom is -0.353 e. The highest BCUT2D eigenvalue weighted by Gasteiger charge is 2.39. The van der Waals surface area contributed by atoms with E-state index < -0.39 is 0 Å². The Bertz CT molecular complexity index is 271. The molecule has 2 saturated carbocycles. The molecule has 0 spiro atoms. The van der Waals surface area contributed by atoms with E-state index >= 15 is 0 Å². The molecule has 0 bridgehead atoms. The first-order valence-corrected chi connectivity index (χ1v) is 7.19. The largest absolute Gasteiger partial charge is 0.353 e. The monoisotopic (exact) mass is 238 g/mol. The Balaban J connectivity index is 1.97. The number of hydrogen-bond acceptors (Lipinski definition) is 2. The Morgan fingerprint density at radius 2 is 1.94 bits per heavy atom. The molecule has 17 heavy (non-hydrogen) atoms. The third-order valence-electron chi connectivity index (χ3n) is 4.86. The summed E-state index contributed by atoms with van der Waals surface area (Å²) in [5, 5.41) is 3.27. The van der Waals surface area contributed by atoms with Crippen LogP contribution in [0.25, 0.3) is 0 Å². The van der Waals surface area contributed by atoms with E-state index in [9.17, 15) is 4.79 Å². The predicted molar refractivity (Wildman–Crippen MR) is 69.5 cm³/mol. The lowest BCUT2D eigenvalue weighted by molar-refractivity contribution is -0.133. The highest BCUT2D eigenvalue weighted by Crippen LogP contribution is 2.36. The van der Waals surface area contributed by atoms with Gasteiger partial charge in [-0.15, -0.1) is 0 Å². The smallest absolute Gasteiger partial charge is 0.227 e. The van der Waals surface area contributed by atoms with Gasteiger partial charge in [-0.2, -0.15) is 0 Å². The van der Waals surface area contributed by atoms with Crippen molar-refractivity contribution in [1.29, 1.82) is 0 Å². The Kier molecular flexibility index (Phi) is 4.08. The van der Waals surface area contributed by atoms with Crippen LogP contribution >= 0.6 is 0 Å². The van der Waals surface area contributed by atoms with Crippen LogP contribution in [-0.4, -0.2) is 18.5 Å². The molecule has 0 aromatic rings. The Labute approximate surface area is 105 Å². The maximum Gasteiger partial charge on any atom is 0.227 e. The number of amides is 1. The Morgan fingerprint density at radius 1 is 1.24 bits per heavy atom. The van der Waals surface area contributed by atoms with E-state index in [1.54, 1.807) is 0 Å². The van der Waals surface area contributed by atoms with Crippen LogP contribution in [0.15, 0.2) is 0 Å². The maximum absolute atomic E-state index is 12.5. The molecule has 1 amide bonds. The minimum absolute atomic E-state index is 0.235. The van der Waals surface area contributed by atoms with Gasteiger partial charge in [0.25, 0.3) is 0 Å². The fourth-order valence-corrected chi connectivity index (χ4v) is 3.43. The van der Waals surface area contributed by atoms with E-state index in [1.807, 2.05) is 0 Å². The summed E-state index contributed by atoms with van der Waals surface area (Å²) in [5.41, 5.74) is 5.64. The molecular formula is C14H26N2O. The molecule has 2 fully saturated rings. The highest BCUT2D eigenvalue weighted by molar-refractivity contribution is 5.83. The molecule has 0 heterocycles. The maximum atomic E-state index is 12.5. The van der Waals surface area contributed by atoms with Gasteiger partial charge in [-0.25, -0.2) is 0 Å². The van der Waals surface area contributed by atoms with Gasteiger partial charge in [0.15, 0.2) is 0 Å². The minimum atomic E-state index is -0.249. The molecule has 0 aromatic carbocycles. The van der Waals surface area contributed by atoms with Crippen molar-refractivity contribution in [2.75, 3.05) is 6.54 Å². The van der Waals surface area contributed by atoms with Crippen LogP contribution in [0.4, 0.5) is 0 Å². The van der Waals surface area contributed by atoms with Gasteiger partial charge in [-0.1, -0.05) is 32.6 Å². The van der Waals surface area contributed by atoms with Gasteiger partial charge in [0, 0.05) is 12.6 Å².